The maximum absolute atomic E-state index is 12.0. The summed E-state index contributed by atoms with van der Waals surface area (Å²) in [6.45, 7) is 6.04. The van der Waals surface area contributed by atoms with Crippen LogP contribution in [0, 0.1) is 0 Å². The van der Waals surface area contributed by atoms with E-state index in [1.54, 1.807) is 0 Å². The number of rotatable bonds is 5. The normalized spacial score (nSPS) is 10.8. The van der Waals surface area contributed by atoms with Gasteiger partial charge >= 0.3 is 11.9 Å². The molecule has 1 rings (SSSR count). The van der Waals surface area contributed by atoms with Crippen LogP contribution in [-0.2, 0) is 14.3 Å². The second-order valence-electron chi connectivity index (χ2n) is 5.73. The first-order valence-electron chi connectivity index (χ1n) is 6.92. The molecule has 6 nitrogen and oxygen atoms in total. The number of anilines is 1. The highest BCUT2D eigenvalue weighted by molar-refractivity contribution is 8.01. The molecule has 0 aromatic heterocycles. The molecular formula is C16H21NO5S. The summed E-state index contributed by atoms with van der Waals surface area (Å²) in [5.41, 5.74) is 0.663. The molecule has 0 heterocycles. The van der Waals surface area contributed by atoms with Crippen molar-refractivity contribution >= 4 is 35.3 Å². The lowest BCUT2D eigenvalue weighted by Crippen LogP contribution is -2.19. The van der Waals surface area contributed by atoms with Crippen molar-refractivity contribution in [2.75, 3.05) is 25.3 Å². The van der Waals surface area contributed by atoms with Gasteiger partial charge in [-0.25, -0.2) is 9.59 Å². The summed E-state index contributed by atoms with van der Waals surface area (Å²) in [5.74, 6) is -1.16. The van der Waals surface area contributed by atoms with E-state index in [0.29, 0.717) is 5.69 Å². The minimum absolute atomic E-state index is 0.0393. The van der Waals surface area contributed by atoms with Crippen molar-refractivity contribution in [1.29, 1.82) is 0 Å². The number of hydrogen-bond donors (Lipinski definition) is 1. The monoisotopic (exact) mass is 339 g/mol. The molecule has 0 saturated carbocycles. The Labute approximate surface area is 139 Å². The molecule has 0 aliphatic rings. The first-order chi connectivity index (χ1) is 10.7. The van der Waals surface area contributed by atoms with Crippen LogP contribution in [0.1, 0.15) is 41.5 Å². The molecule has 0 aliphatic carbocycles. The Morgan fingerprint density at radius 2 is 1.48 bits per heavy atom. The highest BCUT2D eigenvalue weighted by Crippen LogP contribution is 2.23. The minimum Gasteiger partial charge on any atom is -0.465 e. The number of methoxy groups -OCH3 is 2. The van der Waals surface area contributed by atoms with Gasteiger partial charge in [-0.1, -0.05) is 20.8 Å². The number of ether oxygens (including phenoxy) is 2. The number of carbonyl (C=O) groups is 3. The Kier molecular flexibility index (Phi) is 6.62. The van der Waals surface area contributed by atoms with Crippen LogP contribution in [0.15, 0.2) is 18.2 Å². The van der Waals surface area contributed by atoms with Gasteiger partial charge in [0.2, 0.25) is 5.91 Å². The van der Waals surface area contributed by atoms with Crippen molar-refractivity contribution in [2.45, 2.75) is 25.5 Å². The summed E-state index contributed by atoms with van der Waals surface area (Å²) < 4.78 is 9.26. The molecule has 0 radical (unpaired) electrons. The van der Waals surface area contributed by atoms with Crippen molar-refractivity contribution in [3.05, 3.63) is 29.3 Å². The van der Waals surface area contributed by atoms with Gasteiger partial charge in [0.1, 0.15) is 0 Å². The van der Waals surface area contributed by atoms with Crippen molar-refractivity contribution in [3.63, 3.8) is 0 Å². The Balaban J connectivity index is 2.98. The van der Waals surface area contributed by atoms with Crippen LogP contribution in [0.2, 0.25) is 0 Å². The van der Waals surface area contributed by atoms with E-state index in [1.807, 2.05) is 20.8 Å². The van der Waals surface area contributed by atoms with Crippen LogP contribution < -0.4 is 5.32 Å². The summed E-state index contributed by atoms with van der Waals surface area (Å²) >= 11 is 1.50. The predicted octanol–water partition coefficient (Wildman–Crippen LogP) is 2.73. The average molecular weight is 339 g/mol. The zero-order valence-corrected chi connectivity index (χ0v) is 14.7. The van der Waals surface area contributed by atoms with Crippen LogP contribution in [0.5, 0.6) is 0 Å². The van der Waals surface area contributed by atoms with Crippen molar-refractivity contribution in [2.24, 2.45) is 0 Å². The van der Waals surface area contributed by atoms with E-state index in [-0.39, 0.29) is 27.5 Å². The highest BCUT2D eigenvalue weighted by Gasteiger charge is 2.16. The number of hydrogen-bond acceptors (Lipinski definition) is 6. The molecule has 1 N–H and O–H groups in total. The van der Waals surface area contributed by atoms with Crippen LogP contribution in [-0.4, -0.2) is 42.6 Å². The zero-order valence-electron chi connectivity index (χ0n) is 13.9. The van der Waals surface area contributed by atoms with Gasteiger partial charge in [-0.15, -0.1) is 11.8 Å². The lowest BCUT2D eigenvalue weighted by Gasteiger charge is -2.17. The summed E-state index contributed by atoms with van der Waals surface area (Å²) in [7, 11) is 2.48. The molecule has 0 aliphatic heterocycles. The van der Waals surface area contributed by atoms with E-state index in [9.17, 15) is 14.4 Å². The largest absolute Gasteiger partial charge is 0.465 e. The lowest BCUT2D eigenvalue weighted by molar-refractivity contribution is -0.113. The van der Waals surface area contributed by atoms with Crippen LogP contribution in [0.3, 0.4) is 0 Å². The number of esters is 2. The lowest BCUT2D eigenvalue weighted by atomic mass is 10.1. The van der Waals surface area contributed by atoms with Crippen LogP contribution in [0.4, 0.5) is 5.69 Å². The average Bonchev–Trinajstić information content (AvgIpc) is 2.50. The Morgan fingerprint density at radius 3 is 1.87 bits per heavy atom. The van der Waals surface area contributed by atoms with Gasteiger partial charge < -0.3 is 14.8 Å². The van der Waals surface area contributed by atoms with Gasteiger partial charge in [-0.3, -0.25) is 4.79 Å². The summed E-state index contributed by atoms with van der Waals surface area (Å²) in [6.07, 6.45) is 0. The molecule has 0 unspecified atom stereocenters. The Hall–Kier alpha value is -2.02. The van der Waals surface area contributed by atoms with Crippen molar-refractivity contribution < 1.29 is 23.9 Å². The van der Waals surface area contributed by atoms with Crippen LogP contribution in [0.25, 0.3) is 0 Å². The van der Waals surface area contributed by atoms with Gasteiger partial charge in [0.15, 0.2) is 0 Å². The SMILES string of the molecule is COC(=O)c1cc(NC(=O)CSC(C)(C)C)cc(C(=O)OC)c1. The van der Waals surface area contributed by atoms with Gasteiger partial charge in [-0.05, 0) is 18.2 Å². The van der Waals surface area contributed by atoms with Crippen molar-refractivity contribution in [3.8, 4) is 0 Å². The van der Waals surface area contributed by atoms with Crippen molar-refractivity contribution in [1.82, 2.24) is 0 Å². The maximum Gasteiger partial charge on any atom is 0.337 e. The summed E-state index contributed by atoms with van der Waals surface area (Å²) in [5, 5.41) is 2.68. The second-order valence-corrected chi connectivity index (χ2v) is 7.53. The maximum atomic E-state index is 12.0. The Bertz CT molecular complexity index is 573. The minimum atomic E-state index is -0.602. The number of benzene rings is 1. The first-order valence-corrected chi connectivity index (χ1v) is 7.90. The molecule has 7 heteroatoms. The second kappa shape index (κ2) is 8.01. The van der Waals surface area contributed by atoms with E-state index >= 15 is 0 Å². The predicted molar refractivity (Wildman–Crippen MR) is 90.0 cm³/mol. The quantitative estimate of drug-likeness (QED) is 0.831. The number of thioether (sulfide) groups is 1. The number of nitrogens with one attached hydrogen (secondary N) is 1. The smallest absolute Gasteiger partial charge is 0.337 e. The first kappa shape index (κ1) is 19.0. The molecule has 23 heavy (non-hydrogen) atoms. The molecule has 1 aromatic rings. The van der Waals surface area contributed by atoms with E-state index in [4.69, 9.17) is 0 Å². The zero-order chi connectivity index (χ0) is 17.6. The molecule has 0 fully saturated rings. The molecule has 1 amide bonds. The summed E-state index contributed by atoms with van der Waals surface area (Å²) in [4.78, 5) is 35.4. The molecule has 0 atom stereocenters. The van der Waals surface area contributed by atoms with Gasteiger partial charge in [0.05, 0.1) is 31.1 Å². The van der Waals surface area contributed by atoms with E-state index in [1.165, 1.54) is 44.2 Å². The molecule has 0 bridgehead atoms. The number of amides is 1. The standard InChI is InChI=1S/C16H21NO5S/c1-16(2,3)23-9-13(18)17-12-7-10(14(19)21-4)6-11(8-12)15(20)22-5/h6-8H,9H2,1-5H3,(H,17,18). The van der Waals surface area contributed by atoms with E-state index in [0.717, 1.165) is 0 Å². The fourth-order valence-corrected chi connectivity index (χ4v) is 2.29. The van der Waals surface area contributed by atoms with E-state index < -0.39 is 11.9 Å². The fraction of sp³-hybridized carbons (Fsp3) is 0.438. The fourth-order valence-electron chi connectivity index (χ4n) is 1.65. The third-order valence-corrected chi connectivity index (χ3v) is 3.97. The highest BCUT2D eigenvalue weighted by atomic mass is 32.2. The third-order valence-electron chi connectivity index (χ3n) is 2.70. The Morgan fingerprint density at radius 1 is 1.00 bits per heavy atom. The van der Waals surface area contributed by atoms with Gasteiger partial charge in [0.25, 0.3) is 0 Å². The third kappa shape index (κ3) is 6.32. The molecule has 0 saturated heterocycles. The van der Waals surface area contributed by atoms with Crippen LogP contribution >= 0.6 is 11.8 Å². The van der Waals surface area contributed by atoms with Gasteiger partial charge in [0, 0.05) is 10.4 Å². The molecular weight excluding hydrogens is 318 g/mol. The molecule has 126 valence electrons. The molecule has 1 aromatic carbocycles. The molecule has 0 spiro atoms. The van der Waals surface area contributed by atoms with E-state index in [2.05, 4.69) is 14.8 Å². The summed E-state index contributed by atoms with van der Waals surface area (Å²) in [6, 6.07) is 4.27. The van der Waals surface area contributed by atoms with Gasteiger partial charge in [-0.2, -0.15) is 0 Å². The topological polar surface area (TPSA) is 81.7 Å². The number of carbonyl (C=O) groups excluding carboxylic acids is 3.